The predicted molar refractivity (Wildman–Crippen MR) is 90.2 cm³/mol. The van der Waals surface area contributed by atoms with Crippen molar-refractivity contribution in [3.8, 4) is 5.75 Å². The number of hydrogen-bond donors (Lipinski definition) is 2. The molecule has 1 saturated carbocycles. The van der Waals surface area contributed by atoms with Crippen molar-refractivity contribution in [1.29, 1.82) is 0 Å². The van der Waals surface area contributed by atoms with Gasteiger partial charge in [-0.1, -0.05) is 42.5 Å². The molecule has 4 rings (SSSR count). The Morgan fingerprint density at radius 2 is 1.78 bits per heavy atom. The number of fused-ring (bicyclic) bond motifs is 1. The molecule has 1 aliphatic heterocycles. The Morgan fingerprint density at radius 1 is 1.04 bits per heavy atom. The van der Waals surface area contributed by atoms with Crippen molar-refractivity contribution in [1.82, 2.24) is 5.32 Å². The summed E-state index contributed by atoms with van der Waals surface area (Å²) in [5, 5.41) is 13.2. The van der Waals surface area contributed by atoms with Crippen LogP contribution >= 0.6 is 0 Å². The first-order chi connectivity index (χ1) is 11.3. The summed E-state index contributed by atoms with van der Waals surface area (Å²) in [6.07, 6.45) is 4.62. The van der Waals surface area contributed by atoms with Crippen molar-refractivity contribution in [2.75, 3.05) is 0 Å². The van der Waals surface area contributed by atoms with Gasteiger partial charge >= 0.3 is 0 Å². The molecule has 2 aromatic carbocycles. The van der Waals surface area contributed by atoms with Crippen LogP contribution in [0.5, 0.6) is 5.75 Å². The summed E-state index contributed by atoms with van der Waals surface area (Å²) in [4.78, 5) is 0. The molecule has 23 heavy (non-hydrogen) atoms. The van der Waals surface area contributed by atoms with Crippen molar-refractivity contribution in [3.63, 3.8) is 0 Å². The zero-order valence-electron chi connectivity index (χ0n) is 13.3. The highest BCUT2D eigenvalue weighted by atomic mass is 16.5. The molecule has 1 aliphatic carbocycles. The molecule has 2 aromatic rings. The zero-order chi connectivity index (χ0) is 15.7. The van der Waals surface area contributed by atoms with Crippen LogP contribution in [0, 0.1) is 0 Å². The molecule has 2 aliphatic rings. The standard InChI is InChI=1S/C20H23NO2/c22-14-16-7-2-1-6-15(16)13-21-18-12-20(10-5-11-20)23-19-9-4-3-8-17(18)19/h1-4,6-9,18,21-22H,5,10-14H2. The molecule has 1 fully saturated rings. The number of hydrogen-bond acceptors (Lipinski definition) is 3. The van der Waals surface area contributed by atoms with E-state index in [1.54, 1.807) is 0 Å². The van der Waals surface area contributed by atoms with Gasteiger partial charge in [0.1, 0.15) is 11.4 Å². The van der Waals surface area contributed by atoms with Gasteiger partial charge in [0.2, 0.25) is 0 Å². The SMILES string of the molecule is OCc1ccccc1CNC1CC2(CCC2)Oc2ccccc21. The predicted octanol–water partition coefficient (Wildman–Crippen LogP) is 3.72. The third-order valence-corrected chi connectivity index (χ3v) is 5.29. The molecule has 0 aromatic heterocycles. The minimum atomic E-state index is 0.0442. The highest BCUT2D eigenvalue weighted by Crippen LogP contribution is 2.48. The van der Waals surface area contributed by atoms with E-state index in [2.05, 4.69) is 35.6 Å². The number of aliphatic hydroxyl groups excluding tert-OH is 1. The smallest absolute Gasteiger partial charge is 0.124 e. The van der Waals surface area contributed by atoms with Gasteiger partial charge in [0.25, 0.3) is 0 Å². The monoisotopic (exact) mass is 309 g/mol. The molecule has 3 nitrogen and oxygen atoms in total. The molecule has 120 valence electrons. The van der Waals surface area contributed by atoms with Crippen molar-refractivity contribution < 1.29 is 9.84 Å². The summed E-state index contributed by atoms with van der Waals surface area (Å²) in [6, 6.07) is 16.8. The Kier molecular flexibility index (Phi) is 3.83. The molecular weight excluding hydrogens is 286 g/mol. The van der Waals surface area contributed by atoms with E-state index >= 15 is 0 Å². The van der Waals surface area contributed by atoms with Gasteiger partial charge in [-0.15, -0.1) is 0 Å². The number of benzene rings is 2. The maximum atomic E-state index is 9.50. The summed E-state index contributed by atoms with van der Waals surface area (Å²) >= 11 is 0. The molecule has 0 amide bonds. The highest BCUT2D eigenvalue weighted by Gasteiger charge is 2.45. The van der Waals surface area contributed by atoms with E-state index in [4.69, 9.17) is 4.74 Å². The molecular formula is C20H23NO2. The van der Waals surface area contributed by atoms with Gasteiger partial charge < -0.3 is 15.2 Å². The maximum Gasteiger partial charge on any atom is 0.124 e. The average molecular weight is 309 g/mol. The van der Waals surface area contributed by atoms with E-state index in [-0.39, 0.29) is 12.2 Å². The van der Waals surface area contributed by atoms with Crippen LogP contribution in [0.4, 0.5) is 0 Å². The van der Waals surface area contributed by atoms with Crippen LogP contribution in [0.1, 0.15) is 48.4 Å². The Hall–Kier alpha value is -1.84. The first-order valence-electron chi connectivity index (χ1n) is 8.49. The second-order valence-electron chi connectivity index (χ2n) is 6.74. The second kappa shape index (κ2) is 5.99. The number of rotatable bonds is 4. The van der Waals surface area contributed by atoms with Crippen LogP contribution in [0.25, 0.3) is 0 Å². The number of aliphatic hydroxyl groups is 1. The molecule has 1 spiro atoms. The van der Waals surface area contributed by atoms with Gasteiger partial charge in [-0.3, -0.25) is 0 Å². The summed E-state index contributed by atoms with van der Waals surface area (Å²) in [7, 11) is 0. The Morgan fingerprint density at radius 3 is 2.52 bits per heavy atom. The lowest BCUT2D eigenvalue weighted by Gasteiger charge is -2.48. The van der Waals surface area contributed by atoms with Crippen molar-refractivity contribution in [2.24, 2.45) is 0 Å². The van der Waals surface area contributed by atoms with Gasteiger partial charge in [-0.2, -0.15) is 0 Å². The maximum absolute atomic E-state index is 9.50. The average Bonchev–Trinajstić information content (AvgIpc) is 2.58. The Bertz CT molecular complexity index is 694. The Balaban J connectivity index is 1.56. The van der Waals surface area contributed by atoms with Crippen molar-refractivity contribution in [2.45, 2.75) is 50.5 Å². The second-order valence-corrected chi connectivity index (χ2v) is 6.74. The van der Waals surface area contributed by atoms with E-state index in [0.29, 0.717) is 6.04 Å². The fraction of sp³-hybridized carbons (Fsp3) is 0.400. The van der Waals surface area contributed by atoms with Gasteiger partial charge in [-0.25, -0.2) is 0 Å². The van der Waals surface area contributed by atoms with E-state index in [9.17, 15) is 5.11 Å². The summed E-state index contributed by atoms with van der Waals surface area (Å²) < 4.78 is 6.30. The van der Waals surface area contributed by atoms with Crippen LogP contribution < -0.4 is 10.1 Å². The minimum absolute atomic E-state index is 0.0442. The van der Waals surface area contributed by atoms with Gasteiger partial charge in [-0.05, 0) is 36.5 Å². The third kappa shape index (κ3) is 2.75. The van der Waals surface area contributed by atoms with Crippen LogP contribution in [0.15, 0.2) is 48.5 Å². The van der Waals surface area contributed by atoms with Crippen molar-refractivity contribution >= 4 is 0 Å². The molecule has 2 N–H and O–H groups in total. The Labute approximate surface area is 137 Å². The van der Waals surface area contributed by atoms with Crippen LogP contribution in [0.2, 0.25) is 0 Å². The molecule has 0 bridgehead atoms. The fourth-order valence-electron chi connectivity index (χ4n) is 3.80. The summed E-state index contributed by atoms with van der Waals surface area (Å²) in [6.45, 7) is 0.859. The first-order valence-corrected chi connectivity index (χ1v) is 8.49. The van der Waals surface area contributed by atoms with E-state index in [1.807, 2.05) is 18.2 Å². The van der Waals surface area contributed by atoms with Crippen LogP contribution in [-0.2, 0) is 13.2 Å². The number of ether oxygens (including phenoxy) is 1. The molecule has 1 atom stereocenters. The quantitative estimate of drug-likeness (QED) is 0.904. The molecule has 0 saturated heterocycles. The summed E-state index contributed by atoms with van der Waals surface area (Å²) in [5.41, 5.74) is 3.47. The topological polar surface area (TPSA) is 41.5 Å². The fourth-order valence-corrected chi connectivity index (χ4v) is 3.80. The van der Waals surface area contributed by atoms with Crippen molar-refractivity contribution in [3.05, 3.63) is 65.2 Å². The first kappa shape index (κ1) is 14.7. The third-order valence-electron chi connectivity index (χ3n) is 5.29. The molecule has 3 heteroatoms. The number of para-hydroxylation sites is 1. The molecule has 1 unspecified atom stereocenters. The highest BCUT2D eigenvalue weighted by molar-refractivity contribution is 5.39. The molecule has 0 radical (unpaired) electrons. The van der Waals surface area contributed by atoms with Gasteiger partial charge in [0.05, 0.1) is 6.61 Å². The zero-order valence-corrected chi connectivity index (χ0v) is 13.3. The molecule has 1 heterocycles. The normalized spacial score (nSPS) is 21.3. The van der Waals surface area contributed by atoms with E-state index in [0.717, 1.165) is 37.1 Å². The largest absolute Gasteiger partial charge is 0.487 e. The lowest BCUT2D eigenvalue weighted by atomic mass is 9.73. The van der Waals surface area contributed by atoms with Crippen LogP contribution in [0.3, 0.4) is 0 Å². The van der Waals surface area contributed by atoms with Gasteiger partial charge in [0, 0.05) is 24.6 Å². The summed E-state index contributed by atoms with van der Waals surface area (Å²) in [5.74, 6) is 1.03. The lowest BCUT2D eigenvalue weighted by molar-refractivity contribution is -0.0371. The van der Waals surface area contributed by atoms with Crippen LogP contribution in [-0.4, -0.2) is 10.7 Å². The van der Waals surface area contributed by atoms with Gasteiger partial charge in [0.15, 0.2) is 0 Å². The van der Waals surface area contributed by atoms with E-state index in [1.165, 1.54) is 17.5 Å². The van der Waals surface area contributed by atoms with E-state index < -0.39 is 0 Å². The lowest BCUT2D eigenvalue weighted by Crippen LogP contribution is -2.49. The minimum Gasteiger partial charge on any atom is -0.487 e. The number of nitrogens with one attached hydrogen (secondary N) is 1.